The van der Waals surface area contributed by atoms with Gasteiger partial charge < -0.3 is 19.5 Å². The van der Waals surface area contributed by atoms with Crippen LogP contribution in [0.3, 0.4) is 0 Å². The third kappa shape index (κ3) is 5.64. The Hall–Kier alpha value is -3.95. The summed E-state index contributed by atoms with van der Waals surface area (Å²) in [7, 11) is 0. The summed E-state index contributed by atoms with van der Waals surface area (Å²) >= 11 is 6.02. The molecule has 0 saturated carbocycles. The molecule has 0 aliphatic carbocycles. The van der Waals surface area contributed by atoms with Crippen LogP contribution < -0.4 is 5.32 Å². The number of amides is 2. The highest BCUT2D eigenvalue weighted by atomic mass is 35.5. The minimum absolute atomic E-state index is 0.0811. The van der Waals surface area contributed by atoms with Crippen molar-refractivity contribution in [2.75, 3.05) is 26.3 Å². The number of nitrogens with one attached hydrogen (secondary N) is 1. The van der Waals surface area contributed by atoms with Crippen LogP contribution in [0.1, 0.15) is 32.2 Å². The number of halogens is 4. The summed E-state index contributed by atoms with van der Waals surface area (Å²) in [5.41, 5.74) is 0.980. The predicted molar refractivity (Wildman–Crippen MR) is 119 cm³/mol. The molecule has 2 heterocycles. The molecule has 2 amide bonds. The van der Waals surface area contributed by atoms with Crippen molar-refractivity contribution in [1.29, 1.82) is 5.26 Å². The van der Waals surface area contributed by atoms with Gasteiger partial charge in [0.25, 0.3) is 11.8 Å². The Bertz CT molecular complexity index is 1320. The number of carbonyl (C=O) groups is 2. The van der Waals surface area contributed by atoms with Gasteiger partial charge in [-0.2, -0.15) is 23.4 Å². The van der Waals surface area contributed by atoms with E-state index in [9.17, 15) is 22.8 Å². The van der Waals surface area contributed by atoms with Gasteiger partial charge in [0.2, 0.25) is 5.82 Å². The van der Waals surface area contributed by atoms with Gasteiger partial charge >= 0.3 is 12.1 Å². The SMILES string of the molecule is N#Cc1cc(Cl)cc(C(=O)N2CCOC[C@@H]2CNC(=O)c2ccc(-c3noc(C(F)(F)F)n3)cc2)c1. The summed E-state index contributed by atoms with van der Waals surface area (Å²) < 4.78 is 47.6. The van der Waals surface area contributed by atoms with Crippen LogP contribution in [0.15, 0.2) is 47.0 Å². The number of nitrogens with zero attached hydrogens (tertiary/aromatic N) is 4. The number of morpholine rings is 1. The van der Waals surface area contributed by atoms with Crippen LogP contribution in [0.2, 0.25) is 5.02 Å². The Morgan fingerprint density at radius 2 is 1.94 bits per heavy atom. The van der Waals surface area contributed by atoms with Crippen LogP contribution in [-0.2, 0) is 10.9 Å². The topological polar surface area (TPSA) is 121 Å². The molecule has 0 radical (unpaired) electrons. The van der Waals surface area contributed by atoms with E-state index < -0.39 is 24.0 Å². The first-order valence-electron chi connectivity index (χ1n) is 10.5. The molecule has 1 atom stereocenters. The average molecular weight is 520 g/mol. The molecule has 9 nitrogen and oxygen atoms in total. The van der Waals surface area contributed by atoms with E-state index in [4.69, 9.17) is 21.6 Å². The molecule has 36 heavy (non-hydrogen) atoms. The predicted octanol–water partition coefficient (Wildman–Crippen LogP) is 3.55. The highest BCUT2D eigenvalue weighted by Gasteiger charge is 2.38. The van der Waals surface area contributed by atoms with E-state index in [0.717, 1.165) is 0 Å². The molecule has 1 saturated heterocycles. The fourth-order valence-electron chi connectivity index (χ4n) is 3.57. The Morgan fingerprint density at radius 1 is 1.19 bits per heavy atom. The molecule has 1 aromatic heterocycles. The first kappa shape index (κ1) is 25.2. The summed E-state index contributed by atoms with van der Waals surface area (Å²) in [5.74, 6) is -2.53. The quantitative estimate of drug-likeness (QED) is 0.547. The van der Waals surface area contributed by atoms with Gasteiger partial charge in [0.15, 0.2) is 0 Å². The molecule has 13 heteroatoms. The Balaban J connectivity index is 1.41. The highest BCUT2D eigenvalue weighted by Crippen LogP contribution is 2.29. The van der Waals surface area contributed by atoms with Crippen molar-refractivity contribution in [2.24, 2.45) is 0 Å². The molecule has 1 aliphatic rings. The molecule has 3 aromatic rings. The number of hydrogen-bond donors (Lipinski definition) is 1. The van der Waals surface area contributed by atoms with Crippen LogP contribution in [-0.4, -0.2) is 59.2 Å². The van der Waals surface area contributed by atoms with E-state index in [2.05, 4.69) is 20.0 Å². The number of aromatic nitrogens is 2. The zero-order valence-electron chi connectivity index (χ0n) is 18.4. The number of ether oxygens (including phenoxy) is 1. The van der Waals surface area contributed by atoms with Gasteiger partial charge in [0, 0.05) is 34.8 Å². The van der Waals surface area contributed by atoms with Crippen molar-refractivity contribution in [3.63, 3.8) is 0 Å². The fourth-order valence-corrected chi connectivity index (χ4v) is 3.81. The van der Waals surface area contributed by atoms with Crippen LogP contribution in [0.4, 0.5) is 13.2 Å². The maximum atomic E-state index is 13.1. The summed E-state index contributed by atoms with van der Waals surface area (Å²) in [6, 6.07) is 11.5. The molecule has 0 bridgehead atoms. The molecular formula is C23H17ClF3N5O4. The lowest BCUT2D eigenvalue weighted by atomic mass is 10.1. The minimum atomic E-state index is -4.76. The van der Waals surface area contributed by atoms with Crippen molar-refractivity contribution in [1.82, 2.24) is 20.4 Å². The van der Waals surface area contributed by atoms with Crippen LogP contribution in [0.25, 0.3) is 11.4 Å². The largest absolute Gasteiger partial charge is 0.471 e. The summed E-state index contributed by atoms with van der Waals surface area (Å²) in [6.07, 6.45) is -4.76. The molecule has 0 spiro atoms. The third-order valence-corrected chi connectivity index (χ3v) is 5.55. The van der Waals surface area contributed by atoms with Crippen LogP contribution in [0.5, 0.6) is 0 Å². The van der Waals surface area contributed by atoms with Crippen molar-refractivity contribution in [2.45, 2.75) is 12.2 Å². The Morgan fingerprint density at radius 3 is 2.61 bits per heavy atom. The van der Waals surface area contributed by atoms with Gasteiger partial charge in [-0.05, 0) is 30.3 Å². The number of nitriles is 1. The first-order valence-corrected chi connectivity index (χ1v) is 10.9. The number of benzene rings is 2. The Labute approximate surface area is 207 Å². The maximum Gasteiger partial charge on any atom is 0.471 e. The summed E-state index contributed by atoms with van der Waals surface area (Å²) in [5, 5.41) is 15.4. The lowest BCUT2D eigenvalue weighted by Crippen LogP contribution is -2.53. The van der Waals surface area contributed by atoms with Gasteiger partial charge in [-0.15, -0.1) is 0 Å². The lowest BCUT2D eigenvalue weighted by molar-refractivity contribution is -0.159. The third-order valence-electron chi connectivity index (χ3n) is 5.33. The lowest BCUT2D eigenvalue weighted by Gasteiger charge is -2.35. The van der Waals surface area contributed by atoms with Crippen LogP contribution >= 0.6 is 11.6 Å². The van der Waals surface area contributed by atoms with E-state index in [-0.39, 0.29) is 58.7 Å². The minimum Gasteiger partial charge on any atom is -0.377 e. The van der Waals surface area contributed by atoms with E-state index in [1.807, 2.05) is 6.07 Å². The molecule has 1 N–H and O–H groups in total. The van der Waals surface area contributed by atoms with Gasteiger partial charge in [-0.1, -0.05) is 28.9 Å². The van der Waals surface area contributed by atoms with Gasteiger partial charge in [0.1, 0.15) is 0 Å². The van der Waals surface area contributed by atoms with Crippen molar-refractivity contribution >= 4 is 23.4 Å². The fraction of sp³-hybridized carbons (Fsp3) is 0.261. The molecule has 1 aliphatic heterocycles. The summed E-state index contributed by atoms with van der Waals surface area (Å²) in [6.45, 7) is 0.871. The first-order chi connectivity index (χ1) is 17.2. The molecule has 0 unspecified atom stereocenters. The van der Waals surface area contributed by atoms with Crippen molar-refractivity contribution in [3.05, 3.63) is 70.1 Å². The smallest absolute Gasteiger partial charge is 0.377 e. The van der Waals surface area contributed by atoms with Crippen LogP contribution in [0, 0.1) is 11.3 Å². The zero-order valence-corrected chi connectivity index (χ0v) is 19.1. The van der Waals surface area contributed by atoms with Crippen molar-refractivity contribution < 1.29 is 32.0 Å². The molecule has 186 valence electrons. The second kappa shape index (κ2) is 10.3. The van der Waals surface area contributed by atoms with Crippen molar-refractivity contribution in [3.8, 4) is 17.5 Å². The van der Waals surface area contributed by atoms with E-state index in [0.29, 0.717) is 6.61 Å². The molecule has 2 aromatic carbocycles. The molecular weight excluding hydrogens is 503 g/mol. The number of hydrogen-bond acceptors (Lipinski definition) is 7. The van der Waals surface area contributed by atoms with E-state index in [1.165, 1.54) is 42.5 Å². The Kier molecular flexibility index (Phi) is 7.23. The number of rotatable bonds is 5. The summed E-state index contributed by atoms with van der Waals surface area (Å²) in [4.78, 5) is 30.6. The van der Waals surface area contributed by atoms with E-state index >= 15 is 0 Å². The van der Waals surface area contributed by atoms with Gasteiger partial charge in [-0.25, -0.2) is 0 Å². The second-order valence-electron chi connectivity index (χ2n) is 7.78. The molecule has 1 fully saturated rings. The number of carbonyl (C=O) groups excluding carboxylic acids is 2. The highest BCUT2D eigenvalue weighted by molar-refractivity contribution is 6.31. The van der Waals surface area contributed by atoms with E-state index in [1.54, 1.807) is 4.90 Å². The van der Waals surface area contributed by atoms with Gasteiger partial charge in [-0.3, -0.25) is 9.59 Å². The maximum absolute atomic E-state index is 13.1. The second-order valence-corrected chi connectivity index (χ2v) is 8.21. The standard InChI is InChI=1S/C23H17ClF3N5O4/c24-17-8-13(10-28)7-16(9-17)21(34)32-5-6-35-12-18(32)11-29-20(33)15-3-1-14(2-4-15)19-30-22(36-31-19)23(25,26)27/h1-4,7-9,18H,5-6,11-12H2,(H,29,33)/t18-/m0/s1. The normalized spacial score (nSPS) is 15.9. The average Bonchev–Trinajstić information content (AvgIpc) is 3.38. The molecule has 4 rings (SSSR count). The monoisotopic (exact) mass is 519 g/mol. The zero-order chi connectivity index (χ0) is 25.9. The number of alkyl halides is 3. The van der Waals surface area contributed by atoms with Gasteiger partial charge in [0.05, 0.1) is 30.9 Å².